The zero-order valence-corrected chi connectivity index (χ0v) is 14.3. The maximum absolute atomic E-state index is 11.9. The predicted octanol–water partition coefficient (Wildman–Crippen LogP) is 3.76. The highest BCUT2D eigenvalue weighted by Crippen LogP contribution is 2.46. The van der Waals surface area contributed by atoms with Gasteiger partial charge in [-0.25, -0.2) is 4.57 Å². The first-order valence-corrected chi connectivity index (χ1v) is 9.69. The summed E-state index contributed by atoms with van der Waals surface area (Å²) in [4.78, 5) is 9.78. The lowest BCUT2D eigenvalue weighted by atomic mass is 9.87. The summed E-state index contributed by atoms with van der Waals surface area (Å²) in [5, 5.41) is 0. The van der Waals surface area contributed by atoms with Crippen LogP contribution in [0.5, 0.6) is 0 Å². The van der Waals surface area contributed by atoms with Gasteiger partial charge in [0.15, 0.2) is 0 Å². The highest BCUT2D eigenvalue weighted by Gasteiger charge is 2.39. The van der Waals surface area contributed by atoms with Crippen LogP contribution in [0.15, 0.2) is 0 Å². The van der Waals surface area contributed by atoms with Gasteiger partial charge in [-0.3, -0.25) is 9.05 Å². The third-order valence-corrected chi connectivity index (χ3v) is 6.05. The zero-order valence-electron chi connectivity index (χ0n) is 13.4. The van der Waals surface area contributed by atoms with Crippen molar-refractivity contribution in [1.29, 1.82) is 0 Å². The molecule has 2 unspecified atom stereocenters. The van der Waals surface area contributed by atoms with E-state index in [9.17, 15) is 9.46 Å². The molecule has 0 radical (unpaired) electrons. The summed E-state index contributed by atoms with van der Waals surface area (Å²) in [6.45, 7) is 6.77. The van der Waals surface area contributed by atoms with Crippen molar-refractivity contribution in [1.82, 2.24) is 0 Å². The minimum atomic E-state index is -3.95. The Labute approximate surface area is 128 Å². The van der Waals surface area contributed by atoms with Crippen molar-refractivity contribution in [2.24, 2.45) is 17.8 Å². The van der Waals surface area contributed by atoms with E-state index in [1.807, 2.05) is 6.92 Å². The largest absolute Gasteiger partial charge is 0.472 e. The smallest absolute Gasteiger partial charge is 0.372 e. The molecular formula is C15H29O5P. The van der Waals surface area contributed by atoms with Crippen molar-refractivity contribution >= 4 is 7.82 Å². The summed E-state index contributed by atoms with van der Waals surface area (Å²) in [6.07, 6.45) is 5.58. The summed E-state index contributed by atoms with van der Waals surface area (Å²) in [6, 6.07) is 0. The number of hydrogen-bond acceptors (Lipinski definition) is 4. The van der Waals surface area contributed by atoms with Crippen LogP contribution in [0, 0.1) is 17.8 Å². The molecule has 0 aromatic heterocycles. The van der Waals surface area contributed by atoms with E-state index in [1.54, 1.807) is 0 Å². The fraction of sp³-hybridized carbons (Fsp3) is 1.00. The summed E-state index contributed by atoms with van der Waals surface area (Å²) in [5.41, 5.74) is 0. The van der Waals surface area contributed by atoms with Gasteiger partial charge in [-0.15, -0.1) is 0 Å². The SMILES string of the molecule is CCC1[C@@H](COP(=O)(O)OCC2CCCC2)O[C@@H](C)[C@H]1C. The standard InChI is InChI=1S/C15H29O5P/c1-4-14-11(2)12(3)20-15(14)10-19-21(16,17)18-9-13-7-5-6-8-13/h11-15H,4-10H2,1-3H3,(H,16,17)/t11-,12+,14?,15-/m1/s1. The first kappa shape index (κ1) is 17.4. The van der Waals surface area contributed by atoms with E-state index < -0.39 is 7.82 Å². The van der Waals surface area contributed by atoms with E-state index in [4.69, 9.17) is 13.8 Å². The molecule has 2 aliphatic rings. The molecule has 1 saturated carbocycles. The van der Waals surface area contributed by atoms with E-state index in [1.165, 1.54) is 12.8 Å². The van der Waals surface area contributed by atoms with Gasteiger partial charge in [0.25, 0.3) is 0 Å². The zero-order chi connectivity index (χ0) is 15.5. The molecular weight excluding hydrogens is 291 g/mol. The Morgan fingerprint density at radius 1 is 1.19 bits per heavy atom. The van der Waals surface area contributed by atoms with Gasteiger partial charge >= 0.3 is 7.82 Å². The second-order valence-corrected chi connectivity index (χ2v) is 7.97. The van der Waals surface area contributed by atoms with Crippen molar-refractivity contribution in [2.75, 3.05) is 13.2 Å². The molecule has 0 bridgehead atoms. The lowest BCUT2D eigenvalue weighted by Crippen LogP contribution is -2.24. The fourth-order valence-corrected chi connectivity index (χ4v) is 4.38. The Balaban J connectivity index is 1.76. The third kappa shape index (κ3) is 4.77. The van der Waals surface area contributed by atoms with E-state index in [-0.39, 0.29) is 18.8 Å². The van der Waals surface area contributed by atoms with E-state index >= 15 is 0 Å². The number of hydrogen-bond donors (Lipinski definition) is 1. The Bertz CT molecular complexity index is 369. The van der Waals surface area contributed by atoms with Gasteiger partial charge < -0.3 is 9.63 Å². The molecule has 5 atom stereocenters. The number of rotatable bonds is 7. The van der Waals surface area contributed by atoms with E-state index in [0.717, 1.165) is 19.3 Å². The molecule has 1 aliphatic heterocycles. The van der Waals surface area contributed by atoms with Crippen LogP contribution < -0.4 is 0 Å². The van der Waals surface area contributed by atoms with Gasteiger partial charge in [-0.2, -0.15) is 0 Å². The van der Waals surface area contributed by atoms with E-state index in [2.05, 4.69) is 13.8 Å². The fourth-order valence-electron chi connectivity index (χ4n) is 3.57. The van der Waals surface area contributed by atoms with Crippen LogP contribution in [0.1, 0.15) is 52.9 Å². The molecule has 6 heteroatoms. The maximum atomic E-state index is 11.9. The average molecular weight is 320 g/mol. The Hall–Kier alpha value is 0.0700. The van der Waals surface area contributed by atoms with Crippen LogP contribution in [0.25, 0.3) is 0 Å². The Morgan fingerprint density at radius 2 is 1.81 bits per heavy atom. The van der Waals surface area contributed by atoms with Gasteiger partial charge in [-0.1, -0.05) is 33.1 Å². The summed E-state index contributed by atoms with van der Waals surface area (Å²) < 4.78 is 28.1. The number of ether oxygens (including phenoxy) is 1. The average Bonchev–Trinajstić information content (AvgIpc) is 3.04. The maximum Gasteiger partial charge on any atom is 0.472 e. The minimum Gasteiger partial charge on any atom is -0.372 e. The van der Waals surface area contributed by atoms with Crippen molar-refractivity contribution < 1.29 is 23.2 Å². The third-order valence-electron chi connectivity index (χ3n) is 5.10. The van der Waals surface area contributed by atoms with Crippen LogP contribution in [-0.2, 0) is 18.3 Å². The van der Waals surface area contributed by atoms with Crippen LogP contribution in [0.2, 0.25) is 0 Å². The Kier molecular flexibility index (Phi) is 6.27. The topological polar surface area (TPSA) is 65.0 Å². The quantitative estimate of drug-likeness (QED) is 0.724. The molecule has 0 aromatic rings. The van der Waals surface area contributed by atoms with Gasteiger partial charge in [0, 0.05) is 0 Å². The highest BCUT2D eigenvalue weighted by atomic mass is 31.2. The summed E-state index contributed by atoms with van der Waals surface area (Å²) in [5.74, 6) is 1.22. The van der Waals surface area contributed by atoms with Crippen molar-refractivity contribution in [3.05, 3.63) is 0 Å². The molecule has 21 heavy (non-hydrogen) atoms. The second kappa shape index (κ2) is 7.56. The molecule has 1 aliphatic carbocycles. The molecule has 1 heterocycles. The lowest BCUT2D eigenvalue weighted by Gasteiger charge is -2.21. The van der Waals surface area contributed by atoms with Gasteiger partial charge in [0.1, 0.15) is 0 Å². The molecule has 0 amide bonds. The van der Waals surface area contributed by atoms with Gasteiger partial charge in [0.2, 0.25) is 0 Å². The molecule has 0 spiro atoms. The number of phosphoric acid groups is 1. The minimum absolute atomic E-state index is 0.115. The van der Waals surface area contributed by atoms with Crippen molar-refractivity contribution in [2.45, 2.75) is 65.1 Å². The molecule has 0 aromatic carbocycles. The first-order valence-electron chi connectivity index (χ1n) is 8.20. The monoisotopic (exact) mass is 320 g/mol. The van der Waals surface area contributed by atoms with Crippen LogP contribution in [0.4, 0.5) is 0 Å². The molecule has 2 fully saturated rings. The van der Waals surface area contributed by atoms with Crippen molar-refractivity contribution in [3.8, 4) is 0 Å². The number of phosphoric ester groups is 1. The molecule has 1 saturated heterocycles. The molecule has 5 nitrogen and oxygen atoms in total. The molecule has 124 valence electrons. The van der Waals surface area contributed by atoms with Crippen molar-refractivity contribution in [3.63, 3.8) is 0 Å². The highest BCUT2D eigenvalue weighted by molar-refractivity contribution is 7.47. The molecule has 2 rings (SSSR count). The van der Waals surface area contributed by atoms with E-state index in [0.29, 0.717) is 24.4 Å². The molecule has 1 N–H and O–H groups in total. The van der Waals surface area contributed by atoms with Gasteiger partial charge in [0.05, 0.1) is 25.4 Å². The van der Waals surface area contributed by atoms with Crippen LogP contribution in [0.3, 0.4) is 0 Å². The first-order chi connectivity index (χ1) is 9.93. The van der Waals surface area contributed by atoms with Gasteiger partial charge in [-0.05, 0) is 37.5 Å². The van der Waals surface area contributed by atoms with Crippen LogP contribution >= 0.6 is 7.82 Å². The van der Waals surface area contributed by atoms with Crippen LogP contribution in [-0.4, -0.2) is 30.3 Å². The predicted molar refractivity (Wildman–Crippen MR) is 81.0 cm³/mol. The second-order valence-electron chi connectivity index (χ2n) is 6.52. The normalized spacial score (nSPS) is 37.0. The summed E-state index contributed by atoms with van der Waals surface area (Å²) >= 11 is 0. The summed E-state index contributed by atoms with van der Waals surface area (Å²) in [7, 11) is -3.95. The lowest BCUT2D eigenvalue weighted by molar-refractivity contribution is -0.0000225. The Morgan fingerprint density at radius 3 is 2.43 bits per heavy atom.